The molecule has 0 saturated carbocycles. The third kappa shape index (κ3) is 4.12. The van der Waals surface area contributed by atoms with E-state index in [1.165, 1.54) is 0 Å². The van der Waals surface area contributed by atoms with Crippen LogP contribution < -0.4 is 10.5 Å². The number of nitrogens with two attached hydrogens (primary N) is 1. The minimum Gasteiger partial charge on any atom is -0.490 e. The van der Waals surface area contributed by atoms with Gasteiger partial charge < -0.3 is 10.5 Å². The minimum atomic E-state index is 0.265. The topological polar surface area (TPSA) is 35.2 Å². The molecule has 2 N–H and O–H groups in total. The molecule has 0 atom stereocenters. The Kier molecular flexibility index (Phi) is 5.63. The summed E-state index contributed by atoms with van der Waals surface area (Å²) in [5.74, 6) is 0.821. The monoisotopic (exact) mass is 255 g/mol. The molecule has 0 spiro atoms. The van der Waals surface area contributed by atoms with Crippen molar-refractivity contribution in [2.75, 3.05) is 5.73 Å². The predicted molar refractivity (Wildman–Crippen MR) is 74.8 cm³/mol. The highest BCUT2D eigenvalue weighted by Crippen LogP contribution is 2.30. The summed E-state index contributed by atoms with van der Waals surface area (Å²) in [4.78, 5) is 0. The first-order chi connectivity index (χ1) is 8.08. The summed E-state index contributed by atoms with van der Waals surface area (Å²) in [7, 11) is 0. The fraction of sp³-hybridized carbons (Fsp3) is 0.571. The van der Waals surface area contributed by atoms with Crippen LogP contribution in [0.3, 0.4) is 0 Å². The molecule has 0 aliphatic carbocycles. The van der Waals surface area contributed by atoms with Crippen molar-refractivity contribution in [2.24, 2.45) is 0 Å². The number of nitrogen functional groups attached to an aromatic ring is 1. The molecular weight excluding hydrogens is 234 g/mol. The standard InChI is InChI=1S/C14H22ClNO/c1-4-6-12(7-5-2)17-14-9-11(16)8-13(15)10(14)3/h8-9,12H,4-7,16H2,1-3H3. The Labute approximate surface area is 109 Å². The number of hydrogen-bond donors (Lipinski definition) is 1. The molecule has 0 radical (unpaired) electrons. The van der Waals surface area contributed by atoms with Crippen molar-refractivity contribution in [1.29, 1.82) is 0 Å². The fourth-order valence-electron chi connectivity index (χ4n) is 1.88. The molecule has 0 aliphatic heterocycles. The highest BCUT2D eigenvalue weighted by atomic mass is 35.5. The Morgan fingerprint density at radius 2 is 1.82 bits per heavy atom. The van der Waals surface area contributed by atoms with Crippen molar-refractivity contribution in [1.82, 2.24) is 0 Å². The third-order valence-electron chi connectivity index (χ3n) is 2.83. The van der Waals surface area contributed by atoms with Gasteiger partial charge in [-0.05, 0) is 25.8 Å². The van der Waals surface area contributed by atoms with Crippen molar-refractivity contribution in [2.45, 2.75) is 52.6 Å². The van der Waals surface area contributed by atoms with Crippen molar-refractivity contribution < 1.29 is 4.74 Å². The van der Waals surface area contributed by atoms with Gasteiger partial charge in [-0.25, -0.2) is 0 Å². The van der Waals surface area contributed by atoms with Gasteiger partial charge in [0.05, 0.1) is 6.10 Å². The van der Waals surface area contributed by atoms with Crippen LogP contribution in [0.2, 0.25) is 5.02 Å². The average Bonchev–Trinajstić information content (AvgIpc) is 2.26. The molecule has 0 bridgehead atoms. The van der Waals surface area contributed by atoms with Crippen LogP contribution in [-0.2, 0) is 0 Å². The molecule has 0 amide bonds. The molecule has 3 heteroatoms. The van der Waals surface area contributed by atoms with Crippen LogP contribution in [0.15, 0.2) is 12.1 Å². The zero-order valence-corrected chi connectivity index (χ0v) is 11.7. The van der Waals surface area contributed by atoms with E-state index in [0.29, 0.717) is 10.7 Å². The molecule has 1 aromatic rings. The zero-order chi connectivity index (χ0) is 12.8. The zero-order valence-electron chi connectivity index (χ0n) is 10.9. The summed E-state index contributed by atoms with van der Waals surface area (Å²) >= 11 is 6.10. The van der Waals surface area contributed by atoms with Crippen LogP contribution in [0, 0.1) is 6.92 Å². The molecule has 1 rings (SSSR count). The maximum absolute atomic E-state index is 6.10. The summed E-state index contributed by atoms with van der Waals surface area (Å²) < 4.78 is 6.02. The van der Waals surface area contributed by atoms with Gasteiger partial charge in [0.15, 0.2) is 0 Å². The fourth-order valence-corrected chi connectivity index (χ4v) is 2.10. The van der Waals surface area contributed by atoms with Gasteiger partial charge in [-0.1, -0.05) is 38.3 Å². The summed E-state index contributed by atoms with van der Waals surface area (Å²) in [6.07, 6.45) is 4.65. The molecule has 0 saturated heterocycles. The summed E-state index contributed by atoms with van der Waals surface area (Å²) in [6, 6.07) is 3.62. The molecule has 0 heterocycles. The second kappa shape index (κ2) is 6.75. The molecule has 0 aliphatic rings. The maximum Gasteiger partial charge on any atom is 0.126 e. The Bertz CT molecular complexity index is 359. The molecule has 0 unspecified atom stereocenters. The lowest BCUT2D eigenvalue weighted by Crippen LogP contribution is -2.16. The Hall–Kier alpha value is -0.890. The first-order valence-corrected chi connectivity index (χ1v) is 6.68. The number of anilines is 1. The van der Waals surface area contributed by atoms with Gasteiger partial charge in [0, 0.05) is 22.3 Å². The van der Waals surface area contributed by atoms with E-state index in [0.717, 1.165) is 37.0 Å². The lowest BCUT2D eigenvalue weighted by molar-refractivity contribution is 0.178. The van der Waals surface area contributed by atoms with Gasteiger partial charge in [-0.15, -0.1) is 0 Å². The van der Waals surface area contributed by atoms with E-state index in [-0.39, 0.29) is 6.10 Å². The van der Waals surface area contributed by atoms with E-state index in [4.69, 9.17) is 22.1 Å². The Balaban J connectivity index is 2.84. The second-order valence-electron chi connectivity index (χ2n) is 4.44. The number of benzene rings is 1. The van der Waals surface area contributed by atoms with Gasteiger partial charge >= 0.3 is 0 Å². The van der Waals surface area contributed by atoms with E-state index in [1.54, 1.807) is 6.07 Å². The average molecular weight is 256 g/mol. The third-order valence-corrected chi connectivity index (χ3v) is 3.23. The predicted octanol–water partition coefficient (Wildman–Crippen LogP) is 4.58. The largest absolute Gasteiger partial charge is 0.490 e. The van der Waals surface area contributed by atoms with E-state index in [2.05, 4.69) is 13.8 Å². The lowest BCUT2D eigenvalue weighted by Gasteiger charge is -2.20. The molecular formula is C14H22ClNO. The Morgan fingerprint density at radius 1 is 1.24 bits per heavy atom. The van der Waals surface area contributed by atoms with Gasteiger partial charge in [-0.3, -0.25) is 0 Å². The highest BCUT2D eigenvalue weighted by Gasteiger charge is 2.12. The van der Waals surface area contributed by atoms with Crippen molar-refractivity contribution in [3.8, 4) is 5.75 Å². The normalized spacial score (nSPS) is 10.9. The smallest absolute Gasteiger partial charge is 0.126 e. The van der Waals surface area contributed by atoms with Crippen molar-refractivity contribution in [3.05, 3.63) is 22.7 Å². The number of ether oxygens (including phenoxy) is 1. The van der Waals surface area contributed by atoms with E-state index >= 15 is 0 Å². The first kappa shape index (κ1) is 14.2. The highest BCUT2D eigenvalue weighted by molar-refractivity contribution is 6.31. The van der Waals surface area contributed by atoms with Gasteiger partial charge in [0.25, 0.3) is 0 Å². The maximum atomic E-state index is 6.10. The van der Waals surface area contributed by atoms with E-state index < -0.39 is 0 Å². The summed E-state index contributed by atoms with van der Waals surface area (Å²) in [6.45, 7) is 6.31. The number of hydrogen-bond acceptors (Lipinski definition) is 2. The lowest BCUT2D eigenvalue weighted by atomic mass is 10.1. The molecule has 0 fully saturated rings. The van der Waals surface area contributed by atoms with E-state index in [9.17, 15) is 0 Å². The molecule has 96 valence electrons. The summed E-state index contributed by atoms with van der Waals surface area (Å²) in [5, 5.41) is 0.673. The van der Waals surface area contributed by atoms with Crippen molar-refractivity contribution >= 4 is 17.3 Å². The van der Waals surface area contributed by atoms with Gasteiger partial charge in [-0.2, -0.15) is 0 Å². The van der Waals surface area contributed by atoms with Crippen LogP contribution in [0.1, 0.15) is 45.1 Å². The van der Waals surface area contributed by atoms with Crippen molar-refractivity contribution in [3.63, 3.8) is 0 Å². The van der Waals surface area contributed by atoms with Gasteiger partial charge in [0.1, 0.15) is 5.75 Å². The van der Waals surface area contributed by atoms with Crippen LogP contribution in [0.5, 0.6) is 5.75 Å². The molecule has 0 aromatic heterocycles. The number of rotatable bonds is 6. The van der Waals surface area contributed by atoms with Crippen LogP contribution >= 0.6 is 11.6 Å². The van der Waals surface area contributed by atoms with Gasteiger partial charge in [0.2, 0.25) is 0 Å². The van der Waals surface area contributed by atoms with Crippen LogP contribution in [0.4, 0.5) is 5.69 Å². The number of halogens is 1. The molecule has 1 aromatic carbocycles. The van der Waals surface area contributed by atoms with Crippen LogP contribution in [-0.4, -0.2) is 6.10 Å². The van der Waals surface area contributed by atoms with E-state index in [1.807, 2.05) is 13.0 Å². The molecule has 17 heavy (non-hydrogen) atoms. The quantitative estimate of drug-likeness (QED) is 0.756. The second-order valence-corrected chi connectivity index (χ2v) is 4.85. The van der Waals surface area contributed by atoms with Crippen LogP contribution in [0.25, 0.3) is 0 Å². The summed E-state index contributed by atoms with van der Waals surface area (Å²) in [5.41, 5.74) is 7.41. The minimum absolute atomic E-state index is 0.265. The molecule has 2 nitrogen and oxygen atoms in total. The SMILES string of the molecule is CCCC(CCC)Oc1cc(N)cc(Cl)c1C. The Morgan fingerprint density at radius 3 is 2.35 bits per heavy atom. The first-order valence-electron chi connectivity index (χ1n) is 6.30.